The summed E-state index contributed by atoms with van der Waals surface area (Å²) in [6.07, 6.45) is -0.348. The Morgan fingerprint density at radius 2 is 1.94 bits per heavy atom. The Morgan fingerprint density at radius 1 is 1.33 bits per heavy atom. The van der Waals surface area contributed by atoms with Crippen LogP contribution < -0.4 is 5.32 Å². The Kier molecular flexibility index (Phi) is 4.20. The highest BCUT2D eigenvalue weighted by Gasteiger charge is 2.18. The maximum atomic E-state index is 11.4. The van der Waals surface area contributed by atoms with Gasteiger partial charge in [-0.1, -0.05) is 12.1 Å². The average molecular weight is 271 g/mol. The number of carbonyl (C=O) groups excluding carboxylic acids is 2. The van der Waals surface area contributed by atoms with Crippen molar-refractivity contribution >= 4 is 27.5 Å². The molecule has 6 nitrogen and oxygen atoms in total. The molecule has 1 aromatic carbocycles. The molecule has 0 bridgehead atoms. The highest BCUT2D eigenvalue weighted by molar-refractivity contribution is 7.86. The van der Waals surface area contributed by atoms with E-state index < -0.39 is 16.0 Å². The second-order valence-electron chi connectivity index (χ2n) is 3.85. The normalized spacial score (nSPS) is 11.1. The number of rotatable bonds is 4. The first kappa shape index (κ1) is 14.3. The number of hydrogen-bond donors (Lipinski definition) is 2. The van der Waals surface area contributed by atoms with Gasteiger partial charge in [0, 0.05) is 0 Å². The van der Waals surface area contributed by atoms with E-state index in [1.54, 1.807) is 13.0 Å². The average Bonchev–Trinajstić information content (AvgIpc) is 2.18. The molecule has 0 aliphatic heterocycles. The summed E-state index contributed by atoms with van der Waals surface area (Å²) in [5.74, 6) is -0.962. The summed E-state index contributed by atoms with van der Waals surface area (Å²) >= 11 is 0. The number of para-hydroxylation sites is 1. The lowest BCUT2D eigenvalue weighted by Crippen LogP contribution is -2.17. The zero-order chi connectivity index (χ0) is 13.9. The van der Waals surface area contributed by atoms with Crippen molar-refractivity contribution in [3.63, 3.8) is 0 Å². The van der Waals surface area contributed by atoms with Gasteiger partial charge in [0.15, 0.2) is 0 Å². The zero-order valence-electron chi connectivity index (χ0n) is 9.93. The molecule has 0 fully saturated rings. The molecule has 0 heterocycles. The fourth-order valence-electron chi connectivity index (χ4n) is 1.43. The van der Waals surface area contributed by atoms with Crippen molar-refractivity contribution in [3.8, 4) is 0 Å². The fourth-order valence-corrected chi connectivity index (χ4v) is 2.15. The van der Waals surface area contributed by atoms with Crippen LogP contribution in [-0.4, -0.2) is 24.7 Å². The van der Waals surface area contributed by atoms with Gasteiger partial charge in [-0.15, -0.1) is 0 Å². The third-order valence-corrected chi connectivity index (χ3v) is 3.08. The van der Waals surface area contributed by atoms with Crippen LogP contribution in [0, 0.1) is 6.92 Å². The van der Waals surface area contributed by atoms with Crippen LogP contribution in [0.15, 0.2) is 23.1 Å². The van der Waals surface area contributed by atoms with Crippen LogP contribution in [0.25, 0.3) is 0 Å². The molecule has 0 atom stereocenters. The van der Waals surface area contributed by atoms with Gasteiger partial charge in [-0.25, -0.2) is 0 Å². The minimum atomic E-state index is -4.43. The fraction of sp³-hybridized carbons (Fsp3) is 0.273. The van der Waals surface area contributed by atoms with Gasteiger partial charge in [0.25, 0.3) is 10.1 Å². The standard InChI is InChI=1S/C11H13NO5S/c1-7-4-3-5-9(18(15,16)17)11(7)12-10(14)6-8(2)13/h3-5H,6H2,1-2H3,(H,12,14)(H,15,16,17). The molecule has 1 rings (SSSR count). The third-order valence-electron chi connectivity index (χ3n) is 2.19. The number of hydrogen-bond acceptors (Lipinski definition) is 4. The van der Waals surface area contributed by atoms with Crippen molar-refractivity contribution < 1.29 is 22.6 Å². The molecule has 98 valence electrons. The molecular weight excluding hydrogens is 258 g/mol. The number of carbonyl (C=O) groups is 2. The van der Waals surface area contributed by atoms with Gasteiger partial charge in [-0.2, -0.15) is 8.42 Å². The lowest BCUT2D eigenvalue weighted by atomic mass is 10.2. The maximum absolute atomic E-state index is 11.4. The Morgan fingerprint density at radius 3 is 2.44 bits per heavy atom. The number of amides is 1. The molecule has 0 aliphatic carbocycles. The molecule has 2 N–H and O–H groups in total. The summed E-state index contributed by atoms with van der Waals surface area (Å²) in [6.45, 7) is 2.83. The first-order chi connectivity index (χ1) is 8.21. The topological polar surface area (TPSA) is 101 Å². The van der Waals surface area contributed by atoms with E-state index in [9.17, 15) is 18.0 Å². The number of anilines is 1. The van der Waals surface area contributed by atoms with Crippen molar-refractivity contribution in [2.45, 2.75) is 25.2 Å². The molecule has 7 heteroatoms. The summed E-state index contributed by atoms with van der Waals surface area (Å²) in [5.41, 5.74) is 0.466. The highest BCUT2D eigenvalue weighted by atomic mass is 32.2. The molecule has 0 aliphatic rings. The monoisotopic (exact) mass is 271 g/mol. The summed E-state index contributed by atoms with van der Waals surface area (Å²) in [4.78, 5) is 21.8. The van der Waals surface area contributed by atoms with Crippen LogP contribution in [0.4, 0.5) is 5.69 Å². The maximum Gasteiger partial charge on any atom is 0.296 e. The zero-order valence-corrected chi connectivity index (χ0v) is 10.7. The number of nitrogens with one attached hydrogen (secondary N) is 1. The Balaban J connectivity index is 3.16. The number of Topliss-reactive ketones (excluding diaryl/α,β-unsaturated/α-hetero) is 1. The van der Waals surface area contributed by atoms with E-state index in [1.807, 2.05) is 0 Å². The first-order valence-electron chi connectivity index (χ1n) is 5.08. The van der Waals surface area contributed by atoms with Gasteiger partial charge in [0.2, 0.25) is 5.91 Å². The van der Waals surface area contributed by atoms with Gasteiger partial charge in [-0.05, 0) is 25.5 Å². The van der Waals surface area contributed by atoms with Crippen LogP contribution in [0.3, 0.4) is 0 Å². The second kappa shape index (κ2) is 5.28. The van der Waals surface area contributed by atoms with Gasteiger partial charge in [0.1, 0.15) is 10.7 Å². The minimum absolute atomic E-state index is 0.00810. The van der Waals surface area contributed by atoms with Gasteiger partial charge in [-0.3, -0.25) is 14.1 Å². The Bertz CT molecular complexity index is 591. The molecule has 1 aromatic rings. The van der Waals surface area contributed by atoms with Gasteiger partial charge in [0.05, 0.1) is 12.1 Å². The smallest absolute Gasteiger partial charge is 0.296 e. The lowest BCUT2D eigenvalue weighted by molar-refractivity contribution is -0.124. The number of ketones is 1. The van der Waals surface area contributed by atoms with Crippen molar-refractivity contribution in [2.75, 3.05) is 5.32 Å². The first-order valence-corrected chi connectivity index (χ1v) is 6.52. The van der Waals surface area contributed by atoms with Crippen LogP contribution >= 0.6 is 0 Å². The quantitative estimate of drug-likeness (QED) is 0.632. The van der Waals surface area contributed by atoms with Crippen molar-refractivity contribution in [1.29, 1.82) is 0 Å². The predicted octanol–water partition coefficient (Wildman–Crippen LogP) is 1.16. The molecule has 1 amide bonds. The van der Waals surface area contributed by atoms with Gasteiger partial charge < -0.3 is 5.32 Å². The minimum Gasteiger partial charge on any atom is -0.324 e. The number of aryl methyl sites for hydroxylation is 1. The van der Waals surface area contributed by atoms with Crippen molar-refractivity contribution in [2.24, 2.45) is 0 Å². The molecule has 0 spiro atoms. The molecule has 0 saturated heterocycles. The highest BCUT2D eigenvalue weighted by Crippen LogP contribution is 2.24. The van der Waals surface area contributed by atoms with Crippen LogP contribution in [-0.2, 0) is 19.7 Å². The Labute approximate surface area is 105 Å². The third kappa shape index (κ3) is 3.64. The molecule has 0 unspecified atom stereocenters. The summed E-state index contributed by atoms with van der Waals surface area (Å²) in [7, 11) is -4.43. The molecule has 18 heavy (non-hydrogen) atoms. The molecule has 0 saturated carbocycles. The van der Waals surface area contributed by atoms with Crippen molar-refractivity contribution in [3.05, 3.63) is 23.8 Å². The molecule has 0 radical (unpaired) electrons. The van der Waals surface area contributed by atoms with E-state index in [1.165, 1.54) is 19.1 Å². The number of benzene rings is 1. The van der Waals surface area contributed by atoms with E-state index in [-0.39, 0.29) is 22.8 Å². The van der Waals surface area contributed by atoms with E-state index in [2.05, 4.69) is 5.32 Å². The lowest BCUT2D eigenvalue weighted by Gasteiger charge is -2.11. The van der Waals surface area contributed by atoms with Crippen LogP contribution in [0.1, 0.15) is 18.9 Å². The van der Waals surface area contributed by atoms with E-state index in [4.69, 9.17) is 4.55 Å². The van der Waals surface area contributed by atoms with Crippen molar-refractivity contribution in [1.82, 2.24) is 0 Å². The van der Waals surface area contributed by atoms with E-state index in [0.29, 0.717) is 5.56 Å². The second-order valence-corrected chi connectivity index (χ2v) is 5.24. The largest absolute Gasteiger partial charge is 0.324 e. The van der Waals surface area contributed by atoms with Crippen LogP contribution in [0.2, 0.25) is 0 Å². The molecule has 0 aromatic heterocycles. The van der Waals surface area contributed by atoms with Gasteiger partial charge >= 0.3 is 0 Å². The van der Waals surface area contributed by atoms with E-state index in [0.717, 1.165) is 0 Å². The summed E-state index contributed by atoms with van der Waals surface area (Å²) in [6, 6.07) is 4.20. The summed E-state index contributed by atoms with van der Waals surface area (Å²) in [5, 5.41) is 2.32. The van der Waals surface area contributed by atoms with E-state index >= 15 is 0 Å². The SMILES string of the molecule is CC(=O)CC(=O)Nc1c(C)cccc1S(=O)(=O)O. The predicted molar refractivity (Wildman–Crippen MR) is 64.9 cm³/mol. The molecular formula is C11H13NO5S. The summed E-state index contributed by atoms with van der Waals surface area (Å²) < 4.78 is 31.3. The Hall–Kier alpha value is -1.73. The van der Waals surface area contributed by atoms with Crippen LogP contribution in [0.5, 0.6) is 0 Å².